The highest BCUT2D eigenvalue weighted by Crippen LogP contribution is 2.57. The summed E-state index contributed by atoms with van der Waals surface area (Å²) < 4.78 is 1.94. The van der Waals surface area contributed by atoms with Crippen LogP contribution in [-0.4, -0.2) is 32.9 Å². The Morgan fingerprint density at radius 2 is 2.13 bits per heavy atom. The molecule has 1 saturated carbocycles. The minimum Gasteiger partial charge on any atom is -0.394 e. The van der Waals surface area contributed by atoms with E-state index in [4.69, 9.17) is 0 Å². The predicted molar refractivity (Wildman–Crippen MR) is 86.7 cm³/mol. The van der Waals surface area contributed by atoms with Gasteiger partial charge in [0.2, 0.25) is 0 Å². The van der Waals surface area contributed by atoms with Crippen LogP contribution in [0.15, 0.2) is 30.3 Å². The van der Waals surface area contributed by atoms with Gasteiger partial charge in [-0.25, -0.2) is 4.68 Å². The summed E-state index contributed by atoms with van der Waals surface area (Å²) in [7, 11) is 0. The van der Waals surface area contributed by atoms with Gasteiger partial charge in [0.05, 0.1) is 23.5 Å². The summed E-state index contributed by atoms with van der Waals surface area (Å²) in [5, 5.41) is 16.9. The van der Waals surface area contributed by atoms with Crippen molar-refractivity contribution in [1.82, 2.24) is 15.1 Å². The zero-order valence-electron chi connectivity index (χ0n) is 13.4. The van der Waals surface area contributed by atoms with Crippen LogP contribution in [0.25, 0.3) is 5.69 Å². The number of aliphatic hydroxyl groups excluding tert-OH is 1. The molecule has 5 nitrogen and oxygen atoms in total. The van der Waals surface area contributed by atoms with Crippen LogP contribution in [0.2, 0.25) is 0 Å². The number of nitrogens with zero attached hydrogens (tertiary/aromatic N) is 2. The molecule has 1 amide bonds. The molecule has 120 valence electrons. The van der Waals surface area contributed by atoms with Crippen molar-refractivity contribution in [3.8, 4) is 5.69 Å². The quantitative estimate of drug-likeness (QED) is 0.908. The van der Waals surface area contributed by atoms with E-state index in [1.165, 1.54) is 12.1 Å². The first-order chi connectivity index (χ1) is 11.0. The van der Waals surface area contributed by atoms with E-state index in [0.29, 0.717) is 17.5 Å². The van der Waals surface area contributed by atoms with Crippen molar-refractivity contribution >= 4 is 5.91 Å². The zero-order valence-corrected chi connectivity index (χ0v) is 13.4. The number of aliphatic hydroxyl groups is 1. The van der Waals surface area contributed by atoms with Crippen molar-refractivity contribution in [3.63, 3.8) is 0 Å². The number of hydrogen-bond acceptors (Lipinski definition) is 3. The molecule has 0 radical (unpaired) electrons. The maximum Gasteiger partial charge on any atom is 0.272 e. The highest BCUT2D eigenvalue weighted by atomic mass is 16.3. The molecule has 2 atom stereocenters. The molecule has 4 rings (SSSR count). The lowest BCUT2D eigenvalue weighted by atomic mass is 10.1. The van der Waals surface area contributed by atoms with Crippen LogP contribution in [0.1, 0.15) is 47.9 Å². The van der Waals surface area contributed by atoms with Crippen molar-refractivity contribution in [1.29, 1.82) is 0 Å². The monoisotopic (exact) mass is 311 g/mol. The predicted octanol–water partition coefficient (Wildman–Crippen LogP) is 2.03. The average molecular weight is 311 g/mol. The largest absolute Gasteiger partial charge is 0.394 e. The molecule has 0 unspecified atom stereocenters. The second-order valence-electron chi connectivity index (χ2n) is 7.26. The molecule has 2 aromatic rings. The molecule has 2 aliphatic carbocycles. The number of fused-ring (bicyclic) bond motifs is 3. The van der Waals surface area contributed by atoms with Gasteiger partial charge in [0.1, 0.15) is 0 Å². The van der Waals surface area contributed by atoms with Crippen LogP contribution in [0, 0.1) is 5.92 Å². The number of aromatic nitrogens is 2. The smallest absolute Gasteiger partial charge is 0.272 e. The van der Waals surface area contributed by atoms with Gasteiger partial charge in [0.25, 0.3) is 5.91 Å². The Labute approximate surface area is 135 Å². The number of benzene rings is 1. The van der Waals surface area contributed by atoms with Crippen molar-refractivity contribution in [2.75, 3.05) is 6.61 Å². The first-order valence-corrected chi connectivity index (χ1v) is 8.11. The van der Waals surface area contributed by atoms with Crippen LogP contribution in [0.4, 0.5) is 0 Å². The summed E-state index contributed by atoms with van der Waals surface area (Å²) in [6.45, 7) is 3.50. The highest BCUT2D eigenvalue weighted by molar-refractivity contribution is 5.95. The summed E-state index contributed by atoms with van der Waals surface area (Å²) in [5.41, 5.74) is 3.14. The van der Waals surface area contributed by atoms with Crippen molar-refractivity contribution in [3.05, 3.63) is 47.3 Å². The molecule has 1 fully saturated rings. The lowest BCUT2D eigenvalue weighted by Gasteiger charge is -2.23. The molecular formula is C18H21N3O2. The fourth-order valence-corrected chi connectivity index (χ4v) is 3.47. The van der Waals surface area contributed by atoms with E-state index < -0.39 is 5.54 Å². The van der Waals surface area contributed by atoms with E-state index in [2.05, 4.69) is 10.4 Å². The minimum absolute atomic E-state index is 0.106. The Kier molecular flexibility index (Phi) is 3.10. The summed E-state index contributed by atoms with van der Waals surface area (Å²) in [5.74, 6) is 1.02. The topological polar surface area (TPSA) is 67.2 Å². The third-order valence-electron chi connectivity index (χ3n) is 4.83. The van der Waals surface area contributed by atoms with Crippen LogP contribution in [-0.2, 0) is 6.42 Å². The molecular weight excluding hydrogens is 290 g/mol. The molecule has 2 aliphatic rings. The van der Waals surface area contributed by atoms with Gasteiger partial charge in [0.15, 0.2) is 5.69 Å². The lowest BCUT2D eigenvalue weighted by Crippen LogP contribution is -2.46. The molecule has 1 aromatic heterocycles. The number of amides is 1. The van der Waals surface area contributed by atoms with Crippen LogP contribution in [0.5, 0.6) is 0 Å². The van der Waals surface area contributed by atoms with Gasteiger partial charge in [-0.3, -0.25) is 4.79 Å². The van der Waals surface area contributed by atoms with E-state index in [-0.39, 0.29) is 12.5 Å². The minimum atomic E-state index is -0.651. The van der Waals surface area contributed by atoms with Gasteiger partial charge < -0.3 is 10.4 Å². The van der Waals surface area contributed by atoms with Gasteiger partial charge in [-0.15, -0.1) is 0 Å². The Bertz CT molecular complexity index is 764. The fraction of sp³-hybridized carbons (Fsp3) is 0.444. The molecule has 0 saturated heterocycles. The van der Waals surface area contributed by atoms with Crippen LogP contribution >= 0.6 is 0 Å². The third kappa shape index (κ3) is 2.36. The number of para-hydroxylation sites is 1. The van der Waals surface area contributed by atoms with Crippen LogP contribution in [0.3, 0.4) is 0 Å². The Balaban J connectivity index is 1.75. The Hall–Kier alpha value is -2.14. The van der Waals surface area contributed by atoms with Gasteiger partial charge in [-0.2, -0.15) is 5.10 Å². The molecule has 0 spiro atoms. The highest BCUT2D eigenvalue weighted by Gasteiger charge is 2.50. The molecule has 1 aromatic carbocycles. The normalized spacial score (nSPS) is 21.7. The van der Waals surface area contributed by atoms with Gasteiger partial charge in [0, 0.05) is 11.5 Å². The first-order valence-electron chi connectivity index (χ1n) is 8.11. The number of carbonyl (C=O) groups excluding carboxylic acids is 1. The maximum absolute atomic E-state index is 12.6. The third-order valence-corrected chi connectivity index (χ3v) is 4.83. The summed E-state index contributed by atoms with van der Waals surface area (Å²) in [4.78, 5) is 12.6. The lowest BCUT2D eigenvalue weighted by molar-refractivity contribution is 0.0863. The molecule has 1 heterocycles. The Morgan fingerprint density at radius 1 is 1.39 bits per heavy atom. The second-order valence-corrected chi connectivity index (χ2v) is 7.26. The van der Waals surface area contributed by atoms with E-state index >= 15 is 0 Å². The zero-order chi connectivity index (χ0) is 16.2. The molecule has 0 aliphatic heterocycles. The van der Waals surface area contributed by atoms with Crippen LogP contribution < -0.4 is 5.32 Å². The second kappa shape index (κ2) is 4.93. The maximum atomic E-state index is 12.6. The van der Waals surface area contributed by atoms with E-state index in [0.717, 1.165) is 17.7 Å². The number of carbonyl (C=O) groups is 1. The Morgan fingerprint density at radius 3 is 2.83 bits per heavy atom. The SMILES string of the molecule is CC(C)(CO)NC(=O)c1nn(-c2ccccc2)c2c1C[C@H]1C[C@@H]21. The molecule has 5 heteroatoms. The van der Waals surface area contributed by atoms with Crippen molar-refractivity contribution < 1.29 is 9.90 Å². The molecule has 2 N–H and O–H groups in total. The summed E-state index contributed by atoms with van der Waals surface area (Å²) in [6, 6.07) is 9.98. The number of hydrogen-bond donors (Lipinski definition) is 2. The number of nitrogens with one attached hydrogen (secondary N) is 1. The van der Waals surface area contributed by atoms with E-state index in [1.807, 2.05) is 35.0 Å². The van der Waals surface area contributed by atoms with Crippen molar-refractivity contribution in [2.45, 2.75) is 38.1 Å². The molecule has 0 bridgehead atoms. The van der Waals surface area contributed by atoms with Gasteiger partial charge >= 0.3 is 0 Å². The first kappa shape index (κ1) is 14.5. The average Bonchev–Trinajstić information content (AvgIpc) is 3.04. The van der Waals surface area contributed by atoms with Crippen molar-refractivity contribution in [2.24, 2.45) is 5.92 Å². The standard InChI is InChI=1S/C18H21N3O2/c1-18(2,10-22)19-17(23)15-14-9-11-8-13(11)16(14)21(20-15)12-6-4-3-5-7-12/h3-7,11,13,22H,8-10H2,1-2H3,(H,19,23)/t11-,13-/m1/s1. The summed E-state index contributed by atoms with van der Waals surface area (Å²) in [6.07, 6.45) is 2.14. The fourth-order valence-electron chi connectivity index (χ4n) is 3.47. The van der Waals surface area contributed by atoms with E-state index in [9.17, 15) is 9.90 Å². The number of rotatable bonds is 4. The molecule has 23 heavy (non-hydrogen) atoms. The van der Waals surface area contributed by atoms with Gasteiger partial charge in [-0.05, 0) is 44.7 Å². The van der Waals surface area contributed by atoms with E-state index in [1.54, 1.807) is 13.8 Å². The van der Waals surface area contributed by atoms with Gasteiger partial charge in [-0.1, -0.05) is 18.2 Å². The summed E-state index contributed by atoms with van der Waals surface area (Å²) >= 11 is 0.